The minimum absolute atomic E-state index is 0. The molecule has 0 aliphatic carbocycles. The molecule has 19 N–H and O–H groups in total. The van der Waals surface area contributed by atoms with E-state index < -0.39 is 34.1 Å². The molecule has 1 radical (unpaired) electrons. The van der Waals surface area contributed by atoms with Crippen LogP contribution in [-0.2, 0) is 56.3 Å². The number of carboxylic acid groups (broad SMARTS) is 4. The molecule has 0 fully saturated rings. The van der Waals surface area contributed by atoms with Crippen LogP contribution >= 0.6 is 0 Å². The molecule has 11 rings (SSSR count). The quantitative estimate of drug-likeness (QED) is 0.0296. The number of aromatic nitrogens is 6. The van der Waals surface area contributed by atoms with Crippen LogP contribution in [0.4, 0.5) is 22.7 Å². The number of nitrogens with zero attached hydrogens (tertiary/aromatic N) is 12. The minimum atomic E-state index is -1.75. The third-order valence-corrected chi connectivity index (χ3v) is 14.8. The molecule has 0 saturated heterocycles. The summed E-state index contributed by atoms with van der Waals surface area (Å²) in [4.78, 5) is 75.4. The zero-order valence-corrected chi connectivity index (χ0v) is 66.6. The normalized spacial score (nSPS) is 9.52. The molecule has 11 aromatic rings. The Hall–Kier alpha value is -13.1. The van der Waals surface area contributed by atoms with Crippen molar-refractivity contribution in [2.75, 3.05) is 76.0 Å². The fraction of sp³-hybridized carbons (Fsp3) is 0.150. The number of rotatable bonds is 20. The van der Waals surface area contributed by atoms with E-state index in [4.69, 9.17) is 30.6 Å². The van der Waals surface area contributed by atoms with E-state index in [1.54, 1.807) is 80.2 Å². The van der Waals surface area contributed by atoms with Gasteiger partial charge in [-0.15, -0.1) is 0 Å². The number of hydrogen-bond acceptors (Lipinski definition) is 21. The van der Waals surface area contributed by atoms with E-state index >= 15 is 0 Å². The van der Waals surface area contributed by atoms with Crippen LogP contribution in [0.15, 0.2) is 244 Å². The van der Waals surface area contributed by atoms with Gasteiger partial charge in [0.1, 0.15) is 23.9 Å². The standard InChI is InChI=1S/4C17H18N2O2.C12H8N2.Dy.2NO3.9H2O/c4*1-18(2)16-7-5-14(6-8-16)3-4-15-9-11-19(12-10-15)13-17(20)21;1-3-9-5-6-10-4-2-8-14-12(10)11(9)13-7-1;;2*2-1(3)4;;;;;;;;;/h4*3-12H,13H2,1-2H3;1-8H;;;;9*1H2/q;;;;;+3;2*-1;;;;;;;;;/p+1. The fourth-order valence-corrected chi connectivity index (χ4v) is 9.32. The van der Waals surface area contributed by atoms with E-state index in [9.17, 15) is 39.6 Å². The molecule has 0 amide bonds. The molecule has 0 aliphatic heterocycles. The van der Waals surface area contributed by atoms with E-state index in [0.29, 0.717) is 0 Å². The van der Waals surface area contributed by atoms with Crippen molar-refractivity contribution in [3.05, 3.63) is 319 Å². The van der Waals surface area contributed by atoms with Gasteiger partial charge >= 0.3 is 38.2 Å². The zero-order chi connectivity index (χ0) is 77.5. The second-order valence-electron chi connectivity index (χ2n) is 23.6. The average molecular weight is 1760 g/mol. The van der Waals surface area contributed by atoms with Crippen LogP contribution in [0.1, 0.15) is 44.5 Å². The minimum Gasteiger partial charge on any atom is -0.870 e. The van der Waals surface area contributed by atoms with Gasteiger partial charge in [-0.3, -0.25) is 9.97 Å². The molecule has 625 valence electrons. The first-order valence-electron chi connectivity index (χ1n) is 32.4. The number of benzene rings is 5. The summed E-state index contributed by atoms with van der Waals surface area (Å²) in [6.07, 6.45) is 33.5. The zero-order valence-electron chi connectivity index (χ0n) is 64.5. The van der Waals surface area contributed by atoms with E-state index in [2.05, 4.69) is 151 Å². The Bertz CT molecular complexity index is 4200. The summed E-state index contributed by atoms with van der Waals surface area (Å²) in [5.74, 6) is -4.37. The molecule has 116 heavy (non-hydrogen) atoms. The summed E-state index contributed by atoms with van der Waals surface area (Å²) in [6, 6.07) is 60.1. The molecule has 35 nitrogen and oxygen atoms in total. The first-order valence-corrected chi connectivity index (χ1v) is 32.4. The van der Waals surface area contributed by atoms with Crippen molar-refractivity contribution in [1.82, 2.24) is 9.97 Å². The van der Waals surface area contributed by atoms with E-state index in [1.165, 1.54) is 0 Å². The Kier molecular flexibility index (Phi) is 59.4. The topological polar surface area (TPSA) is 632 Å². The summed E-state index contributed by atoms with van der Waals surface area (Å²) >= 11 is 0. The number of carboxylic acids is 4. The molecule has 6 aromatic heterocycles. The molecule has 36 heteroatoms. The van der Waals surface area contributed by atoms with Gasteiger partial charge in [-0.2, -0.15) is 18.3 Å². The number of fused-ring (bicyclic) bond motifs is 3. The molecule has 5 aromatic carbocycles. The van der Waals surface area contributed by atoms with Gasteiger partial charge in [-0.1, -0.05) is 121 Å². The van der Waals surface area contributed by atoms with Gasteiger partial charge < -0.3 is 139 Å². The maximum Gasteiger partial charge on any atom is 3.00 e. The summed E-state index contributed by atoms with van der Waals surface area (Å²) < 4.78 is 6.27. The molecule has 0 spiro atoms. The van der Waals surface area contributed by atoms with Gasteiger partial charge in [0, 0.05) is 151 Å². The number of aliphatic carboxylic acids is 4. The molecule has 0 atom stereocenters. The van der Waals surface area contributed by atoms with Crippen LogP contribution in [0.5, 0.6) is 0 Å². The number of carbonyl (C=O) groups excluding carboxylic acids is 4. The van der Waals surface area contributed by atoms with Gasteiger partial charge in [0.15, 0.2) is 75.8 Å². The third-order valence-electron chi connectivity index (χ3n) is 14.8. The summed E-state index contributed by atoms with van der Waals surface area (Å²) in [7, 11) is 16.1. The summed E-state index contributed by atoms with van der Waals surface area (Å²) in [5, 5.41) is 73.7. The number of pyridine rings is 6. The smallest absolute Gasteiger partial charge is 0.870 e. The number of hydrogen-bond donors (Lipinski definition) is 0. The Labute approximate surface area is 699 Å². The Morgan fingerprint density at radius 3 is 0.612 bits per heavy atom. The van der Waals surface area contributed by atoms with Gasteiger partial charge in [0.25, 0.3) is 0 Å². The second kappa shape index (κ2) is 60.5. The Morgan fingerprint density at radius 2 is 0.466 bits per heavy atom. The van der Waals surface area contributed by atoms with Crippen molar-refractivity contribution < 1.29 is 156 Å². The van der Waals surface area contributed by atoms with Crippen LogP contribution < -0.4 is 58.3 Å². The SMILES string of the molecule is CN(C)c1ccc(/C=C/c2cc[n+](CC(=O)[O-])cc2)cc1.CN(C)c1ccc(/C=C/c2cc[n+](CC(=O)[O-])cc2)cc1.CN(C)c1ccc(/C=C/c2cc[n+](CC(=O)[O-])cc2)cc1.CN(C)c1ccc(/C=C/c2cc[n+](CC(=O)[O-])cc2)cc1.O.O.O.O.O.O.O=[N+]([O-])[O-].O=[N+]([O-])[O-].[Dy+3].[OH-].[OH3+].[OH3+].c1cnc2c(c1)ccc1cccnc12. The number of carbonyl (C=O) groups is 4. The predicted molar refractivity (Wildman–Crippen MR) is 436 cm³/mol. The fourth-order valence-electron chi connectivity index (χ4n) is 9.32. The maximum absolute atomic E-state index is 10.5. The first kappa shape index (κ1) is 114. The van der Waals surface area contributed by atoms with E-state index in [1.807, 2.05) is 166 Å². The van der Waals surface area contributed by atoms with Crippen LogP contribution in [-0.4, -0.2) is 139 Å². The largest absolute Gasteiger partial charge is 3.00 e. The van der Waals surface area contributed by atoms with Gasteiger partial charge in [0.2, 0.25) is 0 Å². The molecule has 0 bridgehead atoms. The number of anilines is 4. The van der Waals surface area contributed by atoms with Crippen LogP contribution in [0, 0.1) is 68.8 Å². The average Bonchev–Trinajstić information content (AvgIpc) is 0.797. The Morgan fingerprint density at radius 1 is 0.310 bits per heavy atom. The summed E-state index contributed by atoms with van der Waals surface area (Å²) in [6.45, 7) is -0.516. The molecule has 0 saturated carbocycles. The third kappa shape index (κ3) is 44.8. The molecular formula is C80H99DyN12O23+2. The molecular weight excluding hydrogens is 1660 g/mol. The van der Waals surface area contributed by atoms with E-state index in [0.717, 1.165) is 89.1 Å². The molecule has 6 heterocycles. The van der Waals surface area contributed by atoms with Crippen molar-refractivity contribution in [1.29, 1.82) is 0 Å². The molecule has 0 unspecified atom stereocenters. The van der Waals surface area contributed by atoms with Gasteiger partial charge in [-0.25, -0.2) is 0 Å². The monoisotopic (exact) mass is 1760 g/mol. The Balaban J connectivity index is -0.000000313. The van der Waals surface area contributed by atoms with Crippen molar-refractivity contribution in [2.24, 2.45) is 0 Å². The van der Waals surface area contributed by atoms with Crippen molar-refractivity contribution in [3.8, 4) is 0 Å². The van der Waals surface area contributed by atoms with Crippen LogP contribution in [0.25, 0.3) is 70.4 Å². The maximum atomic E-state index is 10.5. The van der Waals surface area contributed by atoms with E-state index in [-0.39, 0.29) is 114 Å². The van der Waals surface area contributed by atoms with Crippen molar-refractivity contribution >= 4 is 117 Å². The predicted octanol–water partition coefficient (Wildman–Crippen LogP) is -0.822. The van der Waals surface area contributed by atoms with Gasteiger partial charge in [0.05, 0.1) is 21.2 Å². The molecule has 0 aliphatic rings. The second-order valence-corrected chi connectivity index (χ2v) is 23.6. The first-order chi connectivity index (χ1) is 50.6. The summed E-state index contributed by atoms with van der Waals surface area (Å²) in [5.41, 5.74) is 15.1. The van der Waals surface area contributed by atoms with Crippen molar-refractivity contribution in [2.45, 2.75) is 26.2 Å². The van der Waals surface area contributed by atoms with Crippen LogP contribution in [0.3, 0.4) is 0 Å². The van der Waals surface area contributed by atoms with Gasteiger partial charge in [-0.05, 0) is 105 Å². The van der Waals surface area contributed by atoms with Crippen LogP contribution in [0.2, 0.25) is 0 Å². The van der Waals surface area contributed by atoms with Crippen molar-refractivity contribution in [3.63, 3.8) is 0 Å².